The number of aliphatic imine (C=N–C) groups is 1. The summed E-state index contributed by atoms with van der Waals surface area (Å²) in [6.07, 6.45) is 4.37. The Morgan fingerprint density at radius 3 is 2.52 bits per heavy atom. The third kappa shape index (κ3) is 3.05. The maximum atomic E-state index is 13.6. The van der Waals surface area contributed by atoms with E-state index in [4.69, 9.17) is 0 Å². The molecule has 0 saturated heterocycles. The second kappa shape index (κ2) is 5.55. The topological polar surface area (TPSA) is 24.4 Å². The summed E-state index contributed by atoms with van der Waals surface area (Å²) in [5.74, 6) is -1.46. The van der Waals surface area contributed by atoms with Gasteiger partial charge < -0.3 is 5.32 Å². The maximum Gasteiger partial charge on any atom is 0.161 e. The van der Waals surface area contributed by atoms with E-state index in [2.05, 4.69) is 17.2 Å². The lowest BCUT2D eigenvalue weighted by Gasteiger charge is -2.32. The van der Waals surface area contributed by atoms with Gasteiger partial charge in [-0.1, -0.05) is 18.7 Å². The number of rotatable bonds is 1. The Morgan fingerprint density at radius 2 is 1.81 bits per heavy atom. The number of benzene rings is 1. The van der Waals surface area contributed by atoms with Crippen molar-refractivity contribution in [3.8, 4) is 0 Å². The van der Waals surface area contributed by atoms with E-state index >= 15 is 0 Å². The number of nitrogens with zero attached hydrogens (tertiary/aromatic N) is 1. The van der Waals surface area contributed by atoms with Gasteiger partial charge in [-0.3, -0.25) is 4.99 Å². The number of hydrogen-bond acceptors (Lipinski definition) is 3. The molecule has 2 nitrogen and oxygen atoms in total. The van der Waals surface area contributed by atoms with E-state index in [1.807, 2.05) is 0 Å². The molecular formula is C15H17F3N2S. The van der Waals surface area contributed by atoms with Gasteiger partial charge in [0.05, 0.1) is 11.2 Å². The maximum absolute atomic E-state index is 13.6. The zero-order chi connectivity index (χ0) is 15.0. The number of thioether (sulfide) groups is 1. The van der Waals surface area contributed by atoms with Crippen LogP contribution in [0.3, 0.4) is 0 Å². The summed E-state index contributed by atoms with van der Waals surface area (Å²) >= 11 is 1.52. The first-order valence-electron chi connectivity index (χ1n) is 7.12. The zero-order valence-electron chi connectivity index (χ0n) is 11.8. The molecule has 1 aromatic carbocycles. The Kier molecular flexibility index (Phi) is 3.90. The molecule has 1 spiro atoms. The molecule has 0 amide bonds. The highest BCUT2D eigenvalue weighted by molar-refractivity contribution is 8.14. The van der Waals surface area contributed by atoms with Gasteiger partial charge in [0.2, 0.25) is 0 Å². The molecule has 1 N–H and O–H groups in total. The largest absolute Gasteiger partial charge is 0.332 e. The Morgan fingerprint density at radius 1 is 1.14 bits per heavy atom. The third-order valence-corrected chi connectivity index (χ3v) is 5.42. The molecule has 2 aliphatic rings. The molecule has 1 saturated carbocycles. The van der Waals surface area contributed by atoms with Crippen LogP contribution in [0, 0.1) is 23.4 Å². The summed E-state index contributed by atoms with van der Waals surface area (Å²) < 4.78 is 39.7. The minimum absolute atomic E-state index is 0.0610. The molecule has 1 aliphatic heterocycles. The third-order valence-electron chi connectivity index (χ3n) is 4.27. The van der Waals surface area contributed by atoms with Gasteiger partial charge in [-0.05, 0) is 31.6 Å². The van der Waals surface area contributed by atoms with Gasteiger partial charge in [0.1, 0.15) is 5.82 Å². The summed E-state index contributed by atoms with van der Waals surface area (Å²) in [5, 5.41) is 3.38. The minimum Gasteiger partial charge on any atom is -0.332 e. The van der Waals surface area contributed by atoms with E-state index in [-0.39, 0.29) is 11.2 Å². The lowest BCUT2D eigenvalue weighted by atomic mass is 9.79. The summed E-state index contributed by atoms with van der Waals surface area (Å²) in [7, 11) is 0. The first-order valence-corrected chi connectivity index (χ1v) is 8.10. The predicted octanol–water partition coefficient (Wildman–Crippen LogP) is 4.57. The van der Waals surface area contributed by atoms with Crippen LogP contribution in [-0.4, -0.2) is 16.5 Å². The smallest absolute Gasteiger partial charge is 0.161 e. The van der Waals surface area contributed by atoms with Crippen molar-refractivity contribution in [1.29, 1.82) is 0 Å². The predicted molar refractivity (Wildman–Crippen MR) is 80.2 cm³/mol. The quantitative estimate of drug-likeness (QED) is 0.768. The van der Waals surface area contributed by atoms with E-state index in [1.54, 1.807) is 0 Å². The van der Waals surface area contributed by atoms with Gasteiger partial charge in [0.15, 0.2) is 16.8 Å². The molecule has 114 valence electrons. The molecule has 0 radical (unpaired) electrons. The minimum atomic E-state index is -1.18. The number of halogens is 3. The van der Waals surface area contributed by atoms with E-state index in [0.717, 1.165) is 43.4 Å². The fourth-order valence-electron chi connectivity index (χ4n) is 2.84. The molecule has 0 aromatic heterocycles. The standard InChI is InChI=1S/C15H17F3N2S/c1-9-2-4-15(5-3-9)8-21-14(20-15)19-13-7-11(17)10(16)6-12(13)18/h6-7,9H,2-5,8H2,1H3,(H,19,20). The van der Waals surface area contributed by atoms with Crippen LogP contribution in [0.25, 0.3) is 0 Å². The van der Waals surface area contributed by atoms with Crippen molar-refractivity contribution in [3.05, 3.63) is 29.6 Å². The highest BCUT2D eigenvalue weighted by Gasteiger charge is 2.38. The normalized spacial score (nSPS) is 28.8. The van der Waals surface area contributed by atoms with Gasteiger partial charge in [-0.25, -0.2) is 13.2 Å². The van der Waals surface area contributed by atoms with Crippen LogP contribution in [-0.2, 0) is 0 Å². The number of nitrogens with one attached hydrogen (secondary N) is 1. The Bertz CT molecular complexity index is 581. The van der Waals surface area contributed by atoms with Crippen LogP contribution in [0.2, 0.25) is 0 Å². The second-order valence-corrected chi connectivity index (χ2v) is 6.95. The first-order chi connectivity index (χ1) is 9.97. The van der Waals surface area contributed by atoms with Crippen LogP contribution < -0.4 is 5.32 Å². The fraction of sp³-hybridized carbons (Fsp3) is 0.533. The fourth-order valence-corrected chi connectivity index (χ4v) is 4.03. The monoisotopic (exact) mass is 314 g/mol. The van der Waals surface area contributed by atoms with E-state index in [1.165, 1.54) is 11.8 Å². The highest BCUT2D eigenvalue weighted by atomic mass is 32.2. The SMILES string of the molecule is CC1CCC2(CC1)CSC(Nc1cc(F)c(F)cc1F)=N2. The van der Waals surface area contributed by atoms with Crippen LogP contribution in [0.5, 0.6) is 0 Å². The van der Waals surface area contributed by atoms with Crippen molar-refractivity contribution in [3.63, 3.8) is 0 Å². The number of anilines is 1. The van der Waals surface area contributed by atoms with Crippen LogP contribution >= 0.6 is 11.8 Å². The van der Waals surface area contributed by atoms with Crippen LogP contribution in [0.15, 0.2) is 17.1 Å². The lowest BCUT2D eigenvalue weighted by molar-refractivity contribution is 0.273. The summed E-state index contributed by atoms with van der Waals surface area (Å²) in [4.78, 5) is 4.69. The van der Waals surface area contributed by atoms with Crippen molar-refractivity contribution in [2.75, 3.05) is 11.1 Å². The van der Waals surface area contributed by atoms with Crippen molar-refractivity contribution in [2.45, 2.75) is 38.1 Å². The van der Waals surface area contributed by atoms with Crippen LogP contribution in [0.4, 0.5) is 18.9 Å². The molecule has 3 rings (SSSR count). The number of amidine groups is 1. The van der Waals surface area contributed by atoms with Gasteiger partial charge >= 0.3 is 0 Å². The van der Waals surface area contributed by atoms with Crippen molar-refractivity contribution < 1.29 is 13.2 Å². The van der Waals surface area contributed by atoms with Crippen LogP contribution in [0.1, 0.15) is 32.6 Å². The average Bonchev–Trinajstić information content (AvgIpc) is 2.83. The molecule has 1 aliphatic carbocycles. The van der Waals surface area contributed by atoms with E-state index < -0.39 is 17.5 Å². The summed E-state index contributed by atoms with van der Waals surface area (Å²) in [6.45, 7) is 2.24. The van der Waals surface area contributed by atoms with Gasteiger partial charge in [-0.2, -0.15) is 0 Å². The molecule has 6 heteroatoms. The Balaban J connectivity index is 1.76. The average molecular weight is 314 g/mol. The number of hydrogen-bond donors (Lipinski definition) is 1. The van der Waals surface area contributed by atoms with E-state index in [9.17, 15) is 13.2 Å². The summed E-state index contributed by atoms with van der Waals surface area (Å²) in [6, 6.07) is 1.39. The van der Waals surface area contributed by atoms with E-state index in [0.29, 0.717) is 11.2 Å². The van der Waals surface area contributed by atoms with Gasteiger partial charge in [0, 0.05) is 17.9 Å². The zero-order valence-corrected chi connectivity index (χ0v) is 12.6. The molecule has 0 atom stereocenters. The van der Waals surface area contributed by atoms with Gasteiger partial charge in [-0.15, -0.1) is 0 Å². The second-order valence-electron chi connectivity index (χ2n) is 5.98. The molecule has 1 aromatic rings. The lowest BCUT2D eigenvalue weighted by Crippen LogP contribution is -2.32. The molecule has 0 bridgehead atoms. The van der Waals surface area contributed by atoms with Crippen molar-refractivity contribution >= 4 is 22.6 Å². The highest BCUT2D eigenvalue weighted by Crippen LogP contribution is 2.41. The summed E-state index contributed by atoms with van der Waals surface area (Å²) in [5.41, 5.74) is -0.129. The van der Waals surface area contributed by atoms with Crippen molar-refractivity contribution in [2.24, 2.45) is 10.9 Å². The molecular weight excluding hydrogens is 297 g/mol. The van der Waals surface area contributed by atoms with Crippen molar-refractivity contribution in [1.82, 2.24) is 0 Å². The van der Waals surface area contributed by atoms with Gasteiger partial charge in [0.25, 0.3) is 0 Å². The first kappa shape index (κ1) is 14.8. The molecule has 1 fully saturated rings. The molecule has 0 unspecified atom stereocenters. The molecule has 1 heterocycles. The Labute approximate surface area is 126 Å². The Hall–Kier alpha value is -1.17. The molecule has 21 heavy (non-hydrogen) atoms.